The highest BCUT2D eigenvalue weighted by molar-refractivity contribution is 7.15. The van der Waals surface area contributed by atoms with E-state index in [2.05, 4.69) is 10.3 Å². The molecule has 0 atom stereocenters. The van der Waals surface area contributed by atoms with Gasteiger partial charge in [0.1, 0.15) is 5.75 Å². The third kappa shape index (κ3) is 4.51. The van der Waals surface area contributed by atoms with E-state index in [4.69, 9.17) is 16.3 Å². The van der Waals surface area contributed by atoms with Crippen molar-refractivity contribution in [2.45, 2.75) is 32.7 Å². The molecular formula is C14H14ClF3N2OS. The van der Waals surface area contributed by atoms with Gasteiger partial charge in [-0.25, -0.2) is 4.98 Å². The molecule has 0 aliphatic carbocycles. The molecule has 0 amide bonds. The smallest absolute Gasteiger partial charge is 0.420 e. The molecule has 0 fully saturated rings. The van der Waals surface area contributed by atoms with Crippen LogP contribution in [0, 0.1) is 0 Å². The van der Waals surface area contributed by atoms with Crippen LogP contribution in [0.15, 0.2) is 24.4 Å². The van der Waals surface area contributed by atoms with E-state index in [0.29, 0.717) is 16.7 Å². The van der Waals surface area contributed by atoms with Gasteiger partial charge in [-0.1, -0.05) is 11.6 Å². The predicted octanol–water partition coefficient (Wildman–Crippen LogP) is 5.21. The molecule has 2 rings (SSSR count). The molecule has 1 aromatic carbocycles. The van der Waals surface area contributed by atoms with Crippen LogP contribution >= 0.6 is 22.9 Å². The van der Waals surface area contributed by atoms with Gasteiger partial charge in [-0.05, 0) is 32.0 Å². The SMILES string of the molecule is CC(C)Oc1ccc(NCc2cnc(Cl)s2)cc1C(F)(F)F. The summed E-state index contributed by atoms with van der Waals surface area (Å²) in [4.78, 5) is 4.71. The zero-order valence-corrected chi connectivity index (χ0v) is 13.4. The monoisotopic (exact) mass is 350 g/mol. The van der Waals surface area contributed by atoms with E-state index in [0.717, 1.165) is 10.9 Å². The molecule has 0 radical (unpaired) electrons. The van der Waals surface area contributed by atoms with Crippen molar-refractivity contribution in [2.75, 3.05) is 5.32 Å². The lowest BCUT2D eigenvalue weighted by atomic mass is 10.1. The van der Waals surface area contributed by atoms with Crippen LogP contribution in [0.25, 0.3) is 0 Å². The fourth-order valence-electron chi connectivity index (χ4n) is 1.77. The van der Waals surface area contributed by atoms with Crippen LogP contribution in [-0.2, 0) is 12.7 Å². The number of anilines is 1. The maximum atomic E-state index is 13.1. The molecule has 0 unspecified atom stereocenters. The first-order valence-corrected chi connectivity index (χ1v) is 7.67. The summed E-state index contributed by atoms with van der Waals surface area (Å²) in [5.41, 5.74) is -0.443. The minimum absolute atomic E-state index is 0.172. The first-order valence-electron chi connectivity index (χ1n) is 6.47. The van der Waals surface area contributed by atoms with Gasteiger partial charge in [-0.15, -0.1) is 11.3 Å². The minimum Gasteiger partial charge on any atom is -0.490 e. The summed E-state index contributed by atoms with van der Waals surface area (Å²) in [5, 5.41) is 2.92. The summed E-state index contributed by atoms with van der Waals surface area (Å²) >= 11 is 6.98. The summed E-state index contributed by atoms with van der Waals surface area (Å²) in [5.74, 6) is -0.172. The van der Waals surface area contributed by atoms with E-state index in [1.807, 2.05) is 0 Å². The van der Waals surface area contributed by atoms with Crippen molar-refractivity contribution in [3.05, 3.63) is 39.3 Å². The molecule has 120 valence electrons. The Hall–Kier alpha value is -1.47. The number of halogens is 4. The molecule has 3 nitrogen and oxygen atoms in total. The molecule has 1 heterocycles. The van der Waals surface area contributed by atoms with E-state index >= 15 is 0 Å². The number of hydrogen-bond acceptors (Lipinski definition) is 4. The quantitative estimate of drug-likeness (QED) is 0.803. The fourth-order valence-corrected chi connectivity index (χ4v) is 2.69. The Balaban J connectivity index is 2.19. The van der Waals surface area contributed by atoms with E-state index in [9.17, 15) is 13.2 Å². The van der Waals surface area contributed by atoms with Gasteiger partial charge >= 0.3 is 6.18 Å². The first-order chi connectivity index (χ1) is 10.3. The van der Waals surface area contributed by atoms with Crippen LogP contribution in [-0.4, -0.2) is 11.1 Å². The molecule has 0 saturated heterocycles. The second-order valence-corrected chi connectivity index (χ2v) is 6.51. The van der Waals surface area contributed by atoms with Crippen LogP contribution < -0.4 is 10.1 Å². The van der Waals surface area contributed by atoms with Crippen LogP contribution in [0.2, 0.25) is 4.47 Å². The number of nitrogens with zero attached hydrogens (tertiary/aromatic N) is 1. The highest BCUT2D eigenvalue weighted by Crippen LogP contribution is 2.38. The Morgan fingerprint density at radius 3 is 2.64 bits per heavy atom. The molecule has 0 spiro atoms. The Labute approximate surface area is 135 Å². The average molecular weight is 351 g/mol. The Bertz CT molecular complexity index is 643. The molecular weight excluding hydrogens is 337 g/mol. The minimum atomic E-state index is -4.48. The number of rotatable bonds is 5. The molecule has 0 saturated carbocycles. The van der Waals surface area contributed by atoms with Gasteiger partial charge in [0, 0.05) is 16.8 Å². The second-order valence-electron chi connectivity index (χ2n) is 4.81. The summed E-state index contributed by atoms with van der Waals surface area (Å²) in [6.07, 6.45) is -3.23. The van der Waals surface area contributed by atoms with Crippen LogP contribution in [0.5, 0.6) is 5.75 Å². The van der Waals surface area contributed by atoms with Crippen molar-refractivity contribution in [1.82, 2.24) is 4.98 Å². The number of thiazole rings is 1. The van der Waals surface area contributed by atoms with Crippen molar-refractivity contribution in [2.24, 2.45) is 0 Å². The molecule has 0 aliphatic rings. The lowest BCUT2D eigenvalue weighted by Crippen LogP contribution is -2.13. The van der Waals surface area contributed by atoms with Gasteiger partial charge < -0.3 is 10.1 Å². The van der Waals surface area contributed by atoms with Crippen molar-refractivity contribution >= 4 is 28.6 Å². The molecule has 0 aliphatic heterocycles. The lowest BCUT2D eigenvalue weighted by Gasteiger charge is -2.17. The topological polar surface area (TPSA) is 34.1 Å². The number of alkyl halides is 3. The average Bonchev–Trinajstić information content (AvgIpc) is 2.81. The summed E-state index contributed by atoms with van der Waals surface area (Å²) < 4.78 is 45.0. The van der Waals surface area contributed by atoms with Crippen LogP contribution in [0.3, 0.4) is 0 Å². The molecule has 1 aromatic heterocycles. The Morgan fingerprint density at radius 2 is 2.09 bits per heavy atom. The lowest BCUT2D eigenvalue weighted by molar-refractivity contribution is -0.139. The third-order valence-electron chi connectivity index (χ3n) is 2.64. The number of ether oxygens (including phenoxy) is 1. The zero-order chi connectivity index (χ0) is 16.3. The van der Waals surface area contributed by atoms with Crippen LogP contribution in [0.4, 0.5) is 18.9 Å². The molecule has 2 aromatic rings. The Kier molecular flexibility index (Phi) is 5.18. The fraction of sp³-hybridized carbons (Fsp3) is 0.357. The first kappa shape index (κ1) is 16.9. The number of hydrogen-bond donors (Lipinski definition) is 1. The van der Waals surface area contributed by atoms with Gasteiger partial charge in [0.2, 0.25) is 0 Å². The van der Waals surface area contributed by atoms with Gasteiger partial charge in [-0.3, -0.25) is 0 Å². The summed E-state index contributed by atoms with van der Waals surface area (Å²) in [7, 11) is 0. The number of benzene rings is 1. The van der Waals surface area contributed by atoms with Gasteiger partial charge in [0.15, 0.2) is 4.47 Å². The normalized spacial score (nSPS) is 11.8. The second kappa shape index (κ2) is 6.75. The Morgan fingerprint density at radius 1 is 1.36 bits per heavy atom. The molecule has 22 heavy (non-hydrogen) atoms. The van der Waals surface area contributed by atoms with Crippen molar-refractivity contribution in [1.29, 1.82) is 0 Å². The standard InChI is InChI=1S/C14H14ClF3N2OS/c1-8(2)21-12-4-3-9(5-11(12)14(16,17)18)19-6-10-7-20-13(15)22-10/h3-5,7-8,19H,6H2,1-2H3. The highest BCUT2D eigenvalue weighted by Gasteiger charge is 2.35. The van der Waals surface area contributed by atoms with Crippen molar-refractivity contribution in [3.8, 4) is 5.75 Å². The van der Waals surface area contributed by atoms with Crippen LogP contribution in [0.1, 0.15) is 24.3 Å². The van der Waals surface area contributed by atoms with Crippen molar-refractivity contribution in [3.63, 3.8) is 0 Å². The van der Waals surface area contributed by atoms with Crippen molar-refractivity contribution < 1.29 is 17.9 Å². The van der Waals surface area contributed by atoms with E-state index in [1.165, 1.54) is 17.4 Å². The molecule has 8 heteroatoms. The maximum Gasteiger partial charge on any atom is 0.420 e. The van der Waals surface area contributed by atoms with E-state index in [1.54, 1.807) is 26.1 Å². The van der Waals surface area contributed by atoms with Gasteiger partial charge in [0.05, 0.1) is 18.2 Å². The predicted molar refractivity (Wildman–Crippen MR) is 81.7 cm³/mol. The van der Waals surface area contributed by atoms with Gasteiger partial charge in [0.25, 0.3) is 0 Å². The third-order valence-corrected chi connectivity index (χ3v) is 3.75. The largest absolute Gasteiger partial charge is 0.490 e. The summed E-state index contributed by atoms with van der Waals surface area (Å²) in [6, 6.07) is 3.92. The number of nitrogens with one attached hydrogen (secondary N) is 1. The van der Waals surface area contributed by atoms with E-state index in [-0.39, 0.29) is 11.9 Å². The van der Waals surface area contributed by atoms with E-state index < -0.39 is 11.7 Å². The zero-order valence-electron chi connectivity index (χ0n) is 11.9. The number of aromatic nitrogens is 1. The maximum absolute atomic E-state index is 13.1. The summed E-state index contributed by atoms with van der Waals surface area (Å²) in [6.45, 7) is 3.71. The van der Waals surface area contributed by atoms with Gasteiger partial charge in [-0.2, -0.15) is 13.2 Å². The molecule has 0 bridgehead atoms. The highest BCUT2D eigenvalue weighted by atomic mass is 35.5. The molecule has 1 N–H and O–H groups in total.